The van der Waals surface area contributed by atoms with E-state index in [1.165, 1.54) is 37.7 Å². The molecule has 1 N–H and O–H groups in total. The summed E-state index contributed by atoms with van der Waals surface area (Å²) in [5.74, 6) is 1.80. The predicted octanol–water partition coefficient (Wildman–Crippen LogP) is 3.75. The minimum Gasteiger partial charge on any atom is -0.497 e. The van der Waals surface area contributed by atoms with Gasteiger partial charge in [-0.05, 0) is 43.4 Å². The van der Waals surface area contributed by atoms with Gasteiger partial charge in [-0.25, -0.2) is 0 Å². The Kier molecular flexibility index (Phi) is 5.06. The van der Waals surface area contributed by atoms with Crippen molar-refractivity contribution in [1.82, 2.24) is 5.32 Å². The SMILES string of the molecule is COc1ccc(CNC(C)C2CCCCC2)cc1. The molecule has 0 amide bonds. The monoisotopic (exact) mass is 247 g/mol. The Hall–Kier alpha value is -1.02. The lowest BCUT2D eigenvalue weighted by atomic mass is 9.84. The number of ether oxygens (including phenoxy) is 1. The smallest absolute Gasteiger partial charge is 0.118 e. The maximum absolute atomic E-state index is 5.17. The third kappa shape index (κ3) is 3.74. The van der Waals surface area contributed by atoms with Crippen LogP contribution in [0.25, 0.3) is 0 Å². The Morgan fingerprint density at radius 1 is 1.17 bits per heavy atom. The number of rotatable bonds is 5. The van der Waals surface area contributed by atoms with Crippen molar-refractivity contribution >= 4 is 0 Å². The molecular formula is C16H25NO. The molecule has 18 heavy (non-hydrogen) atoms. The van der Waals surface area contributed by atoms with Crippen molar-refractivity contribution in [2.24, 2.45) is 5.92 Å². The normalized spacial score (nSPS) is 18.6. The average molecular weight is 247 g/mol. The number of benzene rings is 1. The summed E-state index contributed by atoms with van der Waals surface area (Å²) >= 11 is 0. The van der Waals surface area contributed by atoms with Crippen LogP contribution in [0.5, 0.6) is 5.75 Å². The highest BCUT2D eigenvalue weighted by atomic mass is 16.5. The van der Waals surface area contributed by atoms with Gasteiger partial charge in [0.25, 0.3) is 0 Å². The quantitative estimate of drug-likeness (QED) is 0.855. The van der Waals surface area contributed by atoms with Crippen molar-refractivity contribution in [3.63, 3.8) is 0 Å². The lowest BCUT2D eigenvalue weighted by Gasteiger charge is -2.28. The second-order valence-electron chi connectivity index (χ2n) is 5.42. The van der Waals surface area contributed by atoms with Gasteiger partial charge in [0.05, 0.1) is 7.11 Å². The highest BCUT2D eigenvalue weighted by Crippen LogP contribution is 2.26. The zero-order valence-corrected chi connectivity index (χ0v) is 11.6. The molecule has 0 aliphatic heterocycles. The number of hydrogen-bond acceptors (Lipinski definition) is 2. The molecule has 0 spiro atoms. The fourth-order valence-corrected chi connectivity index (χ4v) is 2.82. The highest BCUT2D eigenvalue weighted by Gasteiger charge is 2.19. The van der Waals surface area contributed by atoms with Crippen LogP contribution in [0.1, 0.15) is 44.6 Å². The summed E-state index contributed by atoms with van der Waals surface area (Å²) in [4.78, 5) is 0. The first-order valence-corrected chi connectivity index (χ1v) is 7.16. The predicted molar refractivity (Wildman–Crippen MR) is 75.9 cm³/mol. The molecule has 2 rings (SSSR count). The Bertz CT molecular complexity index is 341. The van der Waals surface area contributed by atoms with E-state index in [0.717, 1.165) is 18.2 Å². The maximum Gasteiger partial charge on any atom is 0.118 e. The summed E-state index contributed by atoms with van der Waals surface area (Å²) in [6.07, 6.45) is 7.06. The zero-order valence-electron chi connectivity index (χ0n) is 11.6. The van der Waals surface area contributed by atoms with Gasteiger partial charge in [-0.1, -0.05) is 31.4 Å². The van der Waals surface area contributed by atoms with Crippen molar-refractivity contribution in [3.8, 4) is 5.75 Å². The number of hydrogen-bond donors (Lipinski definition) is 1. The molecule has 0 saturated heterocycles. The fraction of sp³-hybridized carbons (Fsp3) is 0.625. The molecule has 0 radical (unpaired) electrons. The zero-order chi connectivity index (χ0) is 12.8. The van der Waals surface area contributed by atoms with E-state index in [1.807, 2.05) is 12.1 Å². The second-order valence-corrected chi connectivity index (χ2v) is 5.42. The lowest BCUT2D eigenvalue weighted by molar-refractivity contribution is 0.280. The van der Waals surface area contributed by atoms with E-state index >= 15 is 0 Å². The fourth-order valence-electron chi connectivity index (χ4n) is 2.82. The molecule has 1 aromatic carbocycles. The third-order valence-corrected chi connectivity index (χ3v) is 4.14. The van der Waals surface area contributed by atoms with Gasteiger partial charge in [0, 0.05) is 12.6 Å². The van der Waals surface area contributed by atoms with Gasteiger partial charge >= 0.3 is 0 Å². The van der Waals surface area contributed by atoms with Crippen LogP contribution in [-0.2, 0) is 6.54 Å². The molecule has 1 aliphatic rings. The maximum atomic E-state index is 5.17. The van der Waals surface area contributed by atoms with Gasteiger partial charge in [0.1, 0.15) is 5.75 Å². The molecule has 0 heterocycles. The largest absolute Gasteiger partial charge is 0.497 e. The van der Waals surface area contributed by atoms with E-state index in [0.29, 0.717) is 6.04 Å². The molecule has 0 aromatic heterocycles. The Morgan fingerprint density at radius 3 is 2.44 bits per heavy atom. The van der Waals surface area contributed by atoms with Gasteiger partial charge in [-0.2, -0.15) is 0 Å². The van der Waals surface area contributed by atoms with Gasteiger partial charge < -0.3 is 10.1 Å². The first-order chi connectivity index (χ1) is 8.79. The van der Waals surface area contributed by atoms with Crippen LogP contribution in [0, 0.1) is 5.92 Å². The van der Waals surface area contributed by atoms with E-state index in [2.05, 4.69) is 24.4 Å². The van der Waals surface area contributed by atoms with Gasteiger partial charge in [-0.3, -0.25) is 0 Å². The van der Waals surface area contributed by atoms with Crippen LogP contribution >= 0.6 is 0 Å². The van der Waals surface area contributed by atoms with Crippen molar-refractivity contribution in [3.05, 3.63) is 29.8 Å². The second kappa shape index (κ2) is 6.79. The average Bonchev–Trinajstić information content (AvgIpc) is 2.46. The third-order valence-electron chi connectivity index (χ3n) is 4.14. The Morgan fingerprint density at radius 2 is 1.83 bits per heavy atom. The molecule has 1 saturated carbocycles. The summed E-state index contributed by atoms with van der Waals surface area (Å²) in [6, 6.07) is 8.97. The molecule has 1 aromatic rings. The first-order valence-electron chi connectivity index (χ1n) is 7.16. The molecule has 100 valence electrons. The lowest BCUT2D eigenvalue weighted by Crippen LogP contribution is -2.34. The molecule has 2 heteroatoms. The number of nitrogens with one attached hydrogen (secondary N) is 1. The molecule has 1 atom stereocenters. The molecule has 1 unspecified atom stereocenters. The van der Waals surface area contributed by atoms with Crippen LogP contribution in [0.15, 0.2) is 24.3 Å². The summed E-state index contributed by atoms with van der Waals surface area (Å²) in [7, 11) is 1.71. The topological polar surface area (TPSA) is 21.3 Å². The molecule has 1 aliphatic carbocycles. The standard InChI is InChI=1S/C16H25NO/c1-13(15-6-4-3-5-7-15)17-12-14-8-10-16(18-2)11-9-14/h8-11,13,15,17H,3-7,12H2,1-2H3. The summed E-state index contributed by atoms with van der Waals surface area (Å²) < 4.78 is 5.17. The molecular weight excluding hydrogens is 222 g/mol. The van der Waals surface area contributed by atoms with Crippen molar-refractivity contribution < 1.29 is 4.74 Å². The number of methoxy groups -OCH3 is 1. The van der Waals surface area contributed by atoms with E-state index < -0.39 is 0 Å². The Labute approximate surface area is 111 Å². The molecule has 0 bridgehead atoms. The van der Waals surface area contributed by atoms with Crippen molar-refractivity contribution in [2.45, 2.75) is 51.6 Å². The van der Waals surface area contributed by atoms with E-state index in [4.69, 9.17) is 4.74 Å². The minimum atomic E-state index is 0.632. The summed E-state index contributed by atoms with van der Waals surface area (Å²) in [6.45, 7) is 3.29. The van der Waals surface area contributed by atoms with Crippen LogP contribution in [0.4, 0.5) is 0 Å². The van der Waals surface area contributed by atoms with Gasteiger partial charge in [-0.15, -0.1) is 0 Å². The van der Waals surface area contributed by atoms with E-state index in [-0.39, 0.29) is 0 Å². The summed E-state index contributed by atoms with van der Waals surface area (Å²) in [5.41, 5.74) is 1.33. The van der Waals surface area contributed by atoms with E-state index in [9.17, 15) is 0 Å². The Balaban J connectivity index is 1.78. The van der Waals surface area contributed by atoms with Crippen LogP contribution in [0.2, 0.25) is 0 Å². The van der Waals surface area contributed by atoms with Crippen LogP contribution in [0.3, 0.4) is 0 Å². The summed E-state index contributed by atoms with van der Waals surface area (Å²) in [5, 5.41) is 3.67. The van der Waals surface area contributed by atoms with Crippen LogP contribution in [-0.4, -0.2) is 13.2 Å². The van der Waals surface area contributed by atoms with Crippen molar-refractivity contribution in [1.29, 1.82) is 0 Å². The van der Waals surface area contributed by atoms with E-state index in [1.54, 1.807) is 7.11 Å². The van der Waals surface area contributed by atoms with Crippen LogP contribution < -0.4 is 10.1 Å². The van der Waals surface area contributed by atoms with Gasteiger partial charge in [0.15, 0.2) is 0 Å². The van der Waals surface area contributed by atoms with Crippen molar-refractivity contribution in [2.75, 3.05) is 7.11 Å². The molecule has 2 nitrogen and oxygen atoms in total. The highest BCUT2D eigenvalue weighted by molar-refractivity contribution is 5.27. The minimum absolute atomic E-state index is 0.632. The first kappa shape index (κ1) is 13.4. The van der Waals surface area contributed by atoms with Gasteiger partial charge in [0.2, 0.25) is 0 Å². The molecule has 1 fully saturated rings.